The quantitative estimate of drug-likeness (QED) is 0.131. The molecule has 9 heteroatoms. The molecule has 1 aromatic heterocycles. The van der Waals surface area contributed by atoms with E-state index in [0.29, 0.717) is 30.2 Å². The zero-order valence-electron chi connectivity index (χ0n) is 25.4. The Kier molecular flexibility index (Phi) is 9.73. The van der Waals surface area contributed by atoms with Gasteiger partial charge in [0.2, 0.25) is 10.0 Å². The fraction of sp³-hybridized carbons (Fsp3) is 0.132. The number of halogens is 1. The van der Waals surface area contributed by atoms with Crippen molar-refractivity contribution in [2.45, 2.75) is 23.8 Å². The van der Waals surface area contributed by atoms with E-state index < -0.39 is 16.0 Å². The summed E-state index contributed by atoms with van der Waals surface area (Å²) in [5, 5.41) is 10.8. The molecule has 6 rings (SSSR count). The Hall–Kier alpha value is -4.89. The number of aromatic carboxylic acids is 1. The molecule has 0 aliphatic rings. The van der Waals surface area contributed by atoms with Crippen molar-refractivity contribution in [2.24, 2.45) is 0 Å². The normalized spacial score (nSPS) is 11.6. The van der Waals surface area contributed by atoms with Gasteiger partial charge in [-0.3, -0.25) is 0 Å². The highest BCUT2D eigenvalue weighted by molar-refractivity contribution is 7.89. The highest BCUT2D eigenvalue weighted by Gasteiger charge is 2.26. The predicted octanol–water partition coefficient (Wildman–Crippen LogP) is 7.77. The standard InChI is InChI=1S/C38H33ClN2O5S/c39-30-18-21-35-34(26-30)33(23-25-46-31-19-16-29(17-20-31)38(42)43)36(22-24-40-47(44,45)32-14-8-3-9-15-32)41(35)37(27-10-4-1-5-11-27)28-12-6-2-7-13-28/h1-21,26,37,40H,22-25H2,(H,42,43). The number of hydrogen-bond acceptors (Lipinski definition) is 4. The molecule has 6 aromatic rings. The Bertz CT molecular complexity index is 2040. The van der Waals surface area contributed by atoms with E-state index in [1.165, 1.54) is 12.1 Å². The van der Waals surface area contributed by atoms with Crippen LogP contribution in [0.2, 0.25) is 5.02 Å². The van der Waals surface area contributed by atoms with Gasteiger partial charge in [0.05, 0.1) is 23.1 Å². The molecule has 47 heavy (non-hydrogen) atoms. The van der Waals surface area contributed by atoms with Crippen LogP contribution in [0.4, 0.5) is 0 Å². The number of carbonyl (C=O) groups is 1. The lowest BCUT2D eigenvalue weighted by molar-refractivity contribution is 0.0697. The van der Waals surface area contributed by atoms with Crippen LogP contribution in [0.15, 0.2) is 138 Å². The van der Waals surface area contributed by atoms with Crippen LogP contribution in [0.3, 0.4) is 0 Å². The van der Waals surface area contributed by atoms with Crippen molar-refractivity contribution in [3.8, 4) is 5.75 Å². The third-order valence-electron chi connectivity index (χ3n) is 8.10. The average molecular weight is 665 g/mol. The summed E-state index contributed by atoms with van der Waals surface area (Å²) in [5.41, 5.74) is 5.27. The van der Waals surface area contributed by atoms with Crippen LogP contribution < -0.4 is 9.46 Å². The molecule has 0 bridgehead atoms. The molecule has 0 saturated carbocycles. The maximum Gasteiger partial charge on any atom is 0.335 e. The highest BCUT2D eigenvalue weighted by Crippen LogP contribution is 2.37. The maximum absolute atomic E-state index is 13.2. The second kappa shape index (κ2) is 14.3. The molecule has 0 amide bonds. The van der Waals surface area contributed by atoms with Crippen molar-refractivity contribution in [1.29, 1.82) is 0 Å². The average Bonchev–Trinajstić information content (AvgIpc) is 3.38. The lowest BCUT2D eigenvalue weighted by Gasteiger charge is -2.25. The summed E-state index contributed by atoms with van der Waals surface area (Å²) in [6.45, 7) is 0.476. The summed E-state index contributed by atoms with van der Waals surface area (Å²) in [4.78, 5) is 11.5. The van der Waals surface area contributed by atoms with Crippen LogP contribution in [-0.4, -0.2) is 37.2 Å². The lowest BCUT2D eigenvalue weighted by atomic mass is 9.97. The molecule has 2 N–H and O–H groups in total. The molecular weight excluding hydrogens is 632 g/mol. The first-order valence-electron chi connectivity index (χ1n) is 15.2. The molecule has 0 unspecified atom stereocenters. The Morgan fingerprint density at radius 2 is 1.38 bits per heavy atom. The van der Waals surface area contributed by atoms with Gasteiger partial charge in [0.15, 0.2) is 0 Å². The third kappa shape index (κ3) is 7.25. The fourth-order valence-electron chi connectivity index (χ4n) is 5.96. The van der Waals surface area contributed by atoms with E-state index in [1.807, 2.05) is 54.6 Å². The number of nitrogens with one attached hydrogen (secondary N) is 1. The fourth-order valence-corrected chi connectivity index (χ4v) is 7.19. The number of aromatic nitrogens is 1. The Labute approximate surface area is 279 Å². The first kappa shape index (κ1) is 32.1. The number of sulfonamides is 1. The minimum Gasteiger partial charge on any atom is -0.493 e. The number of fused-ring (bicyclic) bond motifs is 1. The van der Waals surface area contributed by atoms with E-state index in [9.17, 15) is 18.3 Å². The van der Waals surface area contributed by atoms with Gasteiger partial charge < -0.3 is 14.4 Å². The van der Waals surface area contributed by atoms with Crippen LogP contribution in [0.25, 0.3) is 10.9 Å². The van der Waals surface area contributed by atoms with E-state index in [1.54, 1.807) is 42.5 Å². The van der Waals surface area contributed by atoms with Crippen LogP contribution in [0.1, 0.15) is 38.8 Å². The molecule has 0 fully saturated rings. The zero-order valence-corrected chi connectivity index (χ0v) is 27.0. The number of benzene rings is 5. The van der Waals surface area contributed by atoms with Gasteiger partial charge in [-0.25, -0.2) is 17.9 Å². The zero-order chi connectivity index (χ0) is 32.8. The first-order valence-corrected chi connectivity index (χ1v) is 17.1. The van der Waals surface area contributed by atoms with Crippen molar-refractivity contribution in [3.05, 3.63) is 166 Å². The first-order chi connectivity index (χ1) is 22.8. The molecule has 0 spiro atoms. The summed E-state index contributed by atoms with van der Waals surface area (Å²) in [5.74, 6) is -0.444. The van der Waals surface area contributed by atoms with Crippen LogP contribution in [0, 0.1) is 0 Å². The Balaban J connectivity index is 1.43. The van der Waals surface area contributed by atoms with Gasteiger partial charge in [0.25, 0.3) is 0 Å². The number of nitrogens with zero attached hydrogens (tertiary/aromatic N) is 1. The van der Waals surface area contributed by atoms with Gasteiger partial charge in [0.1, 0.15) is 5.75 Å². The second-order valence-electron chi connectivity index (χ2n) is 11.1. The number of rotatable bonds is 13. The van der Waals surface area contributed by atoms with Gasteiger partial charge in [-0.1, -0.05) is 90.5 Å². The topological polar surface area (TPSA) is 97.6 Å². The summed E-state index contributed by atoms with van der Waals surface area (Å²) in [6, 6.07) is 40.8. The molecule has 0 saturated heterocycles. The molecule has 7 nitrogen and oxygen atoms in total. The van der Waals surface area contributed by atoms with E-state index >= 15 is 0 Å². The van der Waals surface area contributed by atoms with Crippen molar-refractivity contribution >= 4 is 38.5 Å². The van der Waals surface area contributed by atoms with E-state index in [2.05, 4.69) is 33.6 Å². The van der Waals surface area contributed by atoms with E-state index in [-0.39, 0.29) is 23.0 Å². The molecule has 238 valence electrons. The Morgan fingerprint density at radius 3 is 1.98 bits per heavy atom. The third-order valence-corrected chi connectivity index (χ3v) is 9.81. The van der Waals surface area contributed by atoms with Gasteiger partial charge in [-0.15, -0.1) is 0 Å². The second-order valence-corrected chi connectivity index (χ2v) is 13.3. The molecular formula is C38H33ClN2O5S. The largest absolute Gasteiger partial charge is 0.493 e. The maximum atomic E-state index is 13.2. The lowest BCUT2D eigenvalue weighted by Crippen LogP contribution is -2.27. The molecule has 0 aliphatic heterocycles. The van der Waals surface area contributed by atoms with Crippen LogP contribution in [-0.2, 0) is 22.9 Å². The van der Waals surface area contributed by atoms with E-state index in [4.69, 9.17) is 16.3 Å². The van der Waals surface area contributed by atoms with Crippen LogP contribution in [0.5, 0.6) is 5.75 Å². The van der Waals surface area contributed by atoms with E-state index in [0.717, 1.165) is 33.3 Å². The number of ether oxygens (including phenoxy) is 1. The molecule has 0 radical (unpaired) electrons. The SMILES string of the molecule is O=C(O)c1ccc(OCCc2c(CCNS(=O)(=O)c3ccccc3)n(C(c3ccccc3)c3ccccc3)c3ccc(Cl)cc23)cc1. The predicted molar refractivity (Wildman–Crippen MR) is 185 cm³/mol. The number of carboxylic acids is 1. The summed E-state index contributed by atoms with van der Waals surface area (Å²) in [7, 11) is -3.73. The van der Waals surface area contributed by atoms with Crippen molar-refractivity contribution in [2.75, 3.05) is 13.2 Å². The molecule has 0 aliphatic carbocycles. The minimum absolute atomic E-state index is 0.169. The van der Waals surface area contributed by atoms with Gasteiger partial charge >= 0.3 is 5.97 Å². The molecule has 5 aromatic carbocycles. The Morgan fingerprint density at radius 1 is 0.787 bits per heavy atom. The smallest absolute Gasteiger partial charge is 0.335 e. The van der Waals surface area contributed by atoms with Gasteiger partial charge in [0, 0.05) is 41.0 Å². The van der Waals surface area contributed by atoms with Crippen molar-refractivity contribution in [1.82, 2.24) is 9.29 Å². The summed E-state index contributed by atoms with van der Waals surface area (Å²) < 4.78 is 37.6. The van der Waals surface area contributed by atoms with Gasteiger partial charge in [-0.05, 0) is 71.3 Å². The monoisotopic (exact) mass is 664 g/mol. The summed E-state index contributed by atoms with van der Waals surface area (Å²) >= 11 is 6.59. The highest BCUT2D eigenvalue weighted by atomic mass is 35.5. The summed E-state index contributed by atoms with van der Waals surface area (Å²) in [6.07, 6.45) is 0.902. The van der Waals surface area contributed by atoms with Crippen molar-refractivity contribution < 1.29 is 23.1 Å². The van der Waals surface area contributed by atoms with Gasteiger partial charge in [-0.2, -0.15) is 0 Å². The minimum atomic E-state index is -3.73. The number of hydrogen-bond donors (Lipinski definition) is 2. The molecule has 0 atom stereocenters. The number of carboxylic acid groups (broad SMARTS) is 1. The van der Waals surface area contributed by atoms with Crippen LogP contribution >= 0.6 is 11.6 Å². The molecule has 1 heterocycles. The van der Waals surface area contributed by atoms with Crippen molar-refractivity contribution in [3.63, 3.8) is 0 Å².